The van der Waals surface area contributed by atoms with Gasteiger partial charge in [-0.1, -0.05) is 11.6 Å². The third-order valence-electron chi connectivity index (χ3n) is 2.54. The Labute approximate surface area is 115 Å². The molecule has 19 heavy (non-hydrogen) atoms. The maximum atomic E-state index is 11.9. The highest BCUT2D eigenvalue weighted by Crippen LogP contribution is 2.19. The minimum Gasteiger partial charge on any atom is -0.372 e. The Morgan fingerprint density at radius 3 is 2.89 bits per heavy atom. The second kappa shape index (κ2) is 5.71. The summed E-state index contributed by atoms with van der Waals surface area (Å²) in [7, 11) is 3.54. The summed E-state index contributed by atoms with van der Waals surface area (Å²) in [5, 5.41) is 10.2. The van der Waals surface area contributed by atoms with Crippen molar-refractivity contribution in [3.8, 4) is 0 Å². The second-order valence-corrected chi connectivity index (χ2v) is 4.38. The van der Waals surface area contributed by atoms with Gasteiger partial charge in [0.15, 0.2) is 0 Å². The molecule has 0 aromatic carbocycles. The van der Waals surface area contributed by atoms with Gasteiger partial charge in [-0.15, -0.1) is 0 Å². The minimum atomic E-state index is -0.234. The Balaban J connectivity index is 2.01. The monoisotopic (exact) mass is 279 g/mol. The molecule has 0 aliphatic rings. The van der Waals surface area contributed by atoms with Crippen molar-refractivity contribution < 1.29 is 4.79 Å². The fourth-order valence-electron chi connectivity index (χ4n) is 1.58. The summed E-state index contributed by atoms with van der Waals surface area (Å²) in [6.07, 6.45) is 3.30. The third kappa shape index (κ3) is 3.23. The Hall–Kier alpha value is -2.08. The number of aryl methyl sites for hydroxylation is 1. The molecule has 0 saturated heterocycles. The van der Waals surface area contributed by atoms with Crippen LogP contribution in [-0.2, 0) is 13.6 Å². The molecule has 0 bridgehead atoms. The molecular formula is C12H14ClN5O. The lowest BCUT2D eigenvalue weighted by Gasteiger charge is -2.06. The predicted octanol–water partition coefficient (Wildman–Crippen LogP) is 1.44. The SMILES string of the molecule is CNc1ncc(C(=O)NCc2ccn(C)n2)cc1Cl. The zero-order valence-electron chi connectivity index (χ0n) is 10.6. The maximum absolute atomic E-state index is 11.9. The van der Waals surface area contributed by atoms with Gasteiger partial charge in [-0.25, -0.2) is 4.98 Å². The van der Waals surface area contributed by atoms with Crippen LogP contribution in [0.15, 0.2) is 24.5 Å². The molecular weight excluding hydrogens is 266 g/mol. The summed E-state index contributed by atoms with van der Waals surface area (Å²) < 4.78 is 1.68. The normalized spacial score (nSPS) is 10.3. The number of nitrogens with one attached hydrogen (secondary N) is 2. The molecule has 0 saturated carbocycles. The number of carbonyl (C=O) groups excluding carboxylic acids is 1. The number of nitrogens with zero attached hydrogens (tertiary/aromatic N) is 3. The summed E-state index contributed by atoms with van der Waals surface area (Å²) >= 11 is 5.97. The molecule has 2 N–H and O–H groups in total. The average Bonchev–Trinajstić information content (AvgIpc) is 2.81. The van der Waals surface area contributed by atoms with E-state index in [-0.39, 0.29) is 5.91 Å². The van der Waals surface area contributed by atoms with Gasteiger partial charge in [0, 0.05) is 26.5 Å². The standard InChI is InChI=1S/C12H14ClN5O/c1-14-11-10(13)5-8(6-15-11)12(19)16-7-9-3-4-18(2)17-9/h3-6H,7H2,1-2H3,(H,14,15)(H,16,19). The van der Waals surface area contributed by atoms with Crippen molar-refractivity contribution in [3.05, 3.63) is 40.8 Å². The highest BCUT2D eigenvalue weighted by Gasteiger charge is 2.09. The average molecular weight is 280 g/mol. The van der Waals surface area contributed by atoms with E-state index in [1.807, 2.05) is 19.3 Å². The molecule has 2 rings (SSSR count). The van der Waals surface area contributed by atoms with Crippen LogP contribution < -0.4 is 10.6 Å². The molecule has 0 spiro atoms. The summed E-state index contributed by atoms with van der Waals surface area (Å²) in [6.45, 7) is 0.366. The second-order valence-electron chi connectivity index (χ2n) is 3.97. The first kappa shape index (κ1) is 13.4. The first-order chi connectivity index (χ1) is 9.10. The fourth-order valence-corrected chi connectivity index (χ4v) is 1.84. The quantitative estimate of drug-likeness (QED) is 0.888. The van der Waals surface area contributed by atoms with Crippen LogP contribution in [0.1, 0.15) is 16.1 Å². The number of anilines is 1. The number of hydrogen-bond acceptors (Lipinski definition) is 4. The number of hydrogen-bond donors (Lipinski definition) is 2. The van der Waals surface area contributed by atoms with Gasteiger partial charge in [0.05, 0.1) is 22.8 Å². The molecule has 0 atom stereocenters. The highest BCUT2D eigenvalue weighted by molar-refractivity contribution is 6.33. The molecule has 6 nitrogen and oxygen atoms in total. The van der Waals surface area contributed by atoms with Crippen LogP contribution in [0, 0.1) is 0 Å². The zero-order chi connectivity index (χ0) is 13.8. The molecule has 0 unspecified atom stereocenters. The Kier molecular flexibility index (Phi) is 4.01. The van der Waals surface area contributed by atoms with Crippen LogP contribution in [-0.4, -0.2) is 27.7 Å². The lowest BCUT2D eigenvalue weighted by molar-refractivity contribution is 0.0950. The summed E-state index contributed by atoms with van der Waals surface area (Å²) in [6, 6.07) is 3.42. The summed E-state index contributed by atoms with van der Waals surface area (Å²) in [4.78, 5) is 16.0. The van der Waals surface area contributed by atoms with E-state index >= 15 is 0 Å². The predicted molar refractivity (Wildman–Crippen MR) is 73.2 cm³/mol. The van der Waals surface area contributed by atoms with Gasteiger partial charge in [-0.2, -0.15) is 5.10 Å². The van der Waals surface area contributed by atoms with Crippen LogP contribution in [0.5, 0.6) is 0 Å². The molecule has 2 heterocycles. The Morgan fingerprint density at radius 1 is 1.53 bits per heavy atom. The van der Waals surface area contributed by atoms with Gasteiger partial charge in [-0.05, 0) is 12.1 Å². The topological polar surface area (TPSA) is 71.8 Å². The van der Waals surface area contributed by atoms with Crippen LogP contribution >= 0.6 is 11.6 Å². The number of aromatic nitrogens is 3. The van der Waals surface area contributed by atoms with Crippen LogP contribution in [0.4, 0.5) is 5.82 Å². The van der Waals surface area contributed by atoms with E-state index in [1.165, 1.54) is 6.20 Å². The number of amides is 1. The molecule has 2 aromatic rings. The van der Waals surface area contributed by atoms with Crippen molar-refractivity contribution in [2.24, 2.45) is 7.05 Å². The first-order valence-electron chi connectivity index (χ1n) is 5.70. The molecule has 0 radical (unpaired) electrons. The van der Waals surface area contributed by atoms with E-state index in [1.54, 1.807) is 17.8 Å². The molecule has 2 aromatic heterocycles. The highest BCUT2D eigenvalue weighted by atomic mass is 35.5. The van der Waals surface area contributed by atoms with Crippen molar-refractivity contribution in [1.82, 2.24) is 20.1 Å². The van der Waals surface area contributed by atoms with Crippen molar-refractivity contribution in [2.45, 2.75) is 6.54 Å². The lowest BCUT2D eigenvalue weighted by Crippen LogP contribution is -2.23. The van der Waals surface area contributed by atoms with Gasteiger partial charge in [0.1, 0.15) is 5.82 Å². The van der Waals surface area contributed by atoms with E-state index in [4.69, 9.17) is 11.6 Å². The van der Waals surface area contributed by atoms with E-state index in [2.05, 4.69) is 20.7 Å². The van der Waals surface area contributed by atoms with E-state index < -0.39 is 0 Å². The number of halogens is 1. The number of pyridine rings is 1. The molecule has 0 fully saturated rings. The zero-order valence-corrected chi connectivity index (χ0v) is 11.4. The van der Waals surface area contributed by atoms with Crippen LogP contribution in [0.2, 0.25) is 5.02 Å². The Bertz CT molecular complexity index is 596. The number of rotatable bonds is 4. The summed E-state index contributed by atoms with van der Waals surface area (Å²) in [5.41, 5.74) is 1.21. The van der Waals surface area contributed by atoms with Gasteiger partial charge < -0.3 is 10.6 Å². The van der Waals surface area contributed by atoms with Crippen molar-refractivity contribution in [2.75, 3.05) is 12.4 Å². The van der Waals surface area contributed by atoms with Gasteiger partial charge in [0.25, 0.3) is 5.91 Å². The largest absolute Gasteiger partial charge is 0.372 e. The first-order valence-corrected chi connectivity index (χ1v) is 6.08. The van der Waals surface area contributed by atoms with E-state index in [9.17, 15) is 4.79 Å². The fraction of sp³-hybridized carbons (Fsp3) is 0.250. The van der Waals surface area contributed by atoms with E-state index in [0.717, 1.165) is 5.69 Å². The number of carbonyl (C=O) groups is 1. The minimum absolute atomic E-state index is 0.234. The van der Waals surface area contributed by atoms with Crippen molar-refractivity contribution >= 4 is 23.3 Å². The van der Waals surface area contributed by atoms with Gasteiger partial charge in [0.2, 0.25) is 0 Å². The molecule has 0 aliphatic heterocycles. The molecule has 7 heteroatoms. The van der Waals surface area contributed by atoms with Crippen LogP contribution in [0.3, 0.4) is 0 Å². The lowest BCUT2D eigenvalue weighted by atomic mass is 10.2. The van der Waals surface area contributed by atoms with Crippen LogP contribution in [0.25, 0.3) is 0 Å². The molecule has 100 valence electrons. The van der Waals surface area contributed by atoms with Gasteiger partial charge >= 0.3 is 0 Å². The smallest absolute Gasteiger partial charge is 0.253 e. The summed E-state index contributed by atoms with van der Waals surface area (Å²) in [5.74, 6) is 0.311. The molecule has 0 aliphatic carbocycles. The van der Waals surface area contributed by atoms with Crippen molar-refractivity contribution in [1.29, 1.82) is 0 Å². The van der Waals surface area contributed by atoms with E-state index in [0.29, 0.717) is 22.9 Å². The Morgan fingerprint density at radius 2 is 2.32 bits per heavy atom. The van der Waals surface area contributed by atoms with Gasteiger partial charge in [-0.3, -0.25) is 9.48 Å². The maximum Gasteiger partial charge on any atom is 0.253 e. The molecule has 1 amide bonds. The van der Waals surface area contributed by atoms with Crippen molar-refractivity contribution in [3.63, 3.8) is 0 Å². The third-order valence-corrected chi connectivity index (χ3v) is 2.83.